The predicted octanol–water partition coefficient (Wildman–Crippen LogP) is 3.20. The van der Waals surface area contributed by atoms with Crippen LogP contribution in [0.3, 0.4) is 0 Å². The maximum Gasteiger partial charge on any atom is 0.282 e. The second kappa shape index (κ2) is 6.13. The summed E-state index contributed by atoms with van der Waals surface area (Å²) in [4.78, 5) is 23.9. The molecule has 5 heteroatoms. The summed E-state index contributed by atoms with van der Waals surface area (Å²) in [5, 5.41) is 11.0. The van der Waals surface area contributed by atoms with Crippen LogP contribution in [0, 0.1) is 10.1 Å². The Balaban J connectivity index is 3.31. The molecule has 0 unspecified atom stereocenters. The molecule has 0 bridgehead atoms. The Hall–Kier alpha value is -2.17. The van der Waals surface area contributed by atoms with Crippen LogP contribution >= 0.6 is 0 Å². The minimum Gasteiger partial charge on any atom is -0.365 e. The van der Waals surface area contributed by atoms with Gasteiger partial charge in [-0.2, -0.15) is 0 Å². The second-order valence-electron chi connectivity index (χ2n) is 4.55. The van der Waals surface area contributed by atoms with E-state index in [-0.39, 0.29) is 23.1 Å². The third-order valence-corrected chi connectivity index (χ3v) is 2.84. The maximum absolute atomic E-state index is 11.4. The zero-order valence-electron chi connectivity index (χ0n) is 11.4. The van der Waals surface area contributed by atoms with Gasteiger partial charge < -0.3 is 4.90 Å². The first-order valence-corrected chi connectivity index (χ1v) is 6.05. The minimum atomic E-state index is -0.521. The molecule has 0 atom stereocenters. The molecule has 0 saturated carbocycles. The Morgan fingerprint density at radius 1 is 1.53 bits per heavy atom. The average molecular weight is 262 g/mol. The van der Waals surface area contributed by atoms with Crippen molar-refractivity contribution < 1.29 is 9.72 Å². The van der Waals surface area contributed by atoms with E-state index < -0.39 is 4.92 Å². The van der Waals surface area contributed by atoms with Gasteiger partial charge in [-0.15, -0.1) is 6.58 Å². The number of rotatable bonds is 6. The molecule has 0 spiro atoms. The molecule has 102 valence electrons. The Labute approximate surface area is 112 Å². The smallest absolute Gasteiger partial charge is 0.282 e. The van der Waals surface area contributed by atoms with Gasteiger partial charge in [0.1, 0.15) is 0 Å². The molecule has 1 rings (SSSR count). The number of ketones is 1. The number of nitrogens with zero attached hydrogens (tertiary/aromatic N) is 2. The van der Waals surface area contributed by atoms with Gasteiger partial charge in [-0.05, 0) is 32.9 Å². The molecule has 0 radical (unpaired) electrons. The fourth-order valence-electron chi connectivity index (χ4n) is 1.90. The van der Waals surface area contributed by atoms with Crippen LogP contribution in [0.2, 0.25) is 0 Å². The predicted molar refractivity (Wildman–Crippen MR) is 75.8 cm³/mol. The number of Topliss-reactive ketones (excluding diaryl/α,β-unsaturated/α-hetero) is 1. The van der Waals surface area contributed by atoms with Crippen molar-refractivity contribution in [2.75, 3.05) is 11.4 Å². The third-order valence-electron chi connectivity index (χ3n) is 2.84. The highest BCUT2D eigenvalue weighted by atomic mass is 16.6. The van der Waals surface area contributed by atoms with Crippen LogP contribution in [0.15, 0.2) is 30.9 Å². The van der Waals surface area contributed by atoms with Gasteiger partial charge in [-0.1, -0.05) is 6.08 Å². The quantitative estimate of drug-likeness (QED) is 0.342. The highest BCUT2D eigenvalue weighted by molar-refractivity contribution is 5.98. The number of carbonyl (C=O) groups is 1. The van der Waals surface area contributed by atoms with Gasteiger partial charge in [-0.3, -0.25) is 14.9 Å². The van der Waals surface area contributed by atoms with Crippen molar-refractivity contribution in [1.82, 2.24) is 0 Å². The highest BCUT2D eigenvalue weighted by Gasteiger charge is 2.20. The van der Waals surface area contributed by atoms with Gasteiger partial charge in [0.05, 0.1) is 10.5 Å². The van der Waals surface area contributed by atoms with Crippen molar-refractivity contribution in [1.29, 1.82) is 0 Å². The first kappa shape index (κ1) is 14.9. The molecule has 0 aliphatic heterocycles. The zero-order chi connectivity index (χ0) is 14.6. The number of nitro groups is 1. The van der Waals surface area contributed by atoms with E-state index in [1.54, 1.807) is 12.1 Å². The van der Waals surface area contributed by atoms with Crippen LogP contribution < -0.4 is 4.90 Å². The van der Waals surface area contributed by atoms with Crippen LogP contribution in [0.1, 0.15) is 31.1 Å². The minimum absolute atomic E-state index is 0.135. The molecule has 0 heterocycles. The molecule has 0 fully saturated rings. The first-order valence-electron chi connectivity index (χ1n) is 6.05. The number of hydrogen-bond donors (Lipinski definition) is 0. The van der Waals surface area contributed by atoms with E-state index >= 15 is 0 Å². The Kier molecular flexibility index (Phi) is 4.80. The third kappa shape index (κ3) is 3.40. The summed E-state index contributed by atoms with van der Waals surface area (Å²) < 4.78 is 0. The molecule has 0 N–H and O–H groups in total. The topological polar surface area (TPSA) is 63.5 Å². The van der Waals surface area contributed by atoms with Crippen LogP contribution in [-0.4, -0.2) is 23.3 Å². The number of nitro benzene ring substituents is 1. The number of hydrogen-bond acceptors (Lipinski definition) is 4. The fraction of sp³-hybridized carbons (Fsp3) is 0.357. The number of anilines is 1. The lowest BCUT2D eigenvalue weighted by Gasteiger charge is -2.27. The van der Waals surface area contributed by atoms with Crippen molar-refractivity contribution in [3.8, 4) is 0 Å². The molecule has 0 aliphatic rings. The number of carbonyl (C=O) groups excluding carboxylic acids is 1. The van der Waals surface area contributed by atoms with Gasteiger partial charge in [-0.25, -0.2) is 0 Å². The molecule has 19 heavy (non-hydrogen) atoms. The standard InChI is InChI=1S/C14H18N2O3/c1-5-8-15(10(2)3)12-6-7-13(11(4)17)14(9-12)16(18)19/h5-7,9-10H,1,8H2,2-4H3. The Morgan fingerprint density at radius 2 is 2.16 bits per heavy atom. The molecule has 1 aromatic rings. The van der Waals surface area contributed by atoms with E-state index in [0.29, 0.717) is 12.2 Å². The summed E-state index contributed by atoms with van der Waals surface area (Å²) in [5.41, 5.74) is 0.697. The summed E-state index contributed by atoms with van der Waals surface area (Å²) in [7, 11) is 0. The summed E-state index contributed by atoms with van der Waals surface area (Å²) in [6.07, 6.45) is 1.74. The van der Waals surface area contributed by atoms with E-state index in [2.05, 4.69) is 6.58 Å². The summed E-state index contributed by atoms with van der Waals surface area (Å²) in [5.74, 6) is -0.307. The van der Waals surface area contributed by atoms with Crippen molar-refractivity contribution in [3.63, 3.8) is 0 Å². The molecular formula is C14H18N2O3. The molecule has 0 saturated heterocycles. The van der Waals surface area contributed by atoms with Gasteiger partial charge in [0.25, 0.3) is 5.69 Å². The van der Waals surface area contributed by atoms with Crippen molar-refractivity contribution >= 4 is 17.2 Å². The molecule has 0 aliphatic carbocycles. The van der Waals surface area contributed by atoms with Crippen molar-refractivity contribution in [2.45, 2.75) is 26.8 Å². The van der Waals surface area contributed by atoms with Crippen LogP contribution in [-0.2, 0) is 0 Å². The lowest BCUT2D eigenvalue weighted by molar-refractivity contribution is -0.385. The summed E-state index contributed by atoms with van der Waals surface area (Å²) in [6, 6.07) is 4.86. The van der Waals surface area contributed by atoms with Crippen molar-refractivity contribution in [3.05, 3.63) is 46.5 Å². The van der Waals surface area contributed by atoms with Crippen molar-refractivity contribution in [2.24, 2.45) is 0 Å². The Morgan fingerprint density at radius 3 is 2.58 bits per heavy atom. The SMILES string of the molecule is C=CCN(c1ccc(C(C)=O)c([N+](=O)[O-])c1)C(C)C. The number of benzene rings is 1. The lowest BCUT2D eigenvalue weighted by Crippen LogP contribution is -2.30. The van der Waals surface area contributed by atoms with Gasteiger partial charge in [0.15, 0.2) is 5.78 Å². The van der Waals surface area contributed by atoms with Gasteiger partial charge >= 0.3 is 0 Å². The van der Waals surface area contributed by atoms with Crippen LogP contribution in [0.5, 0.6) is 0 Å². The molecule has 0 amide bonds. The van der Waals surface area contributed by atoms with E-state index in [1.165, 1.54) is 19.1 Å². The van der Waals surface area contributed by atoms with Crippen LogP contribution in [0.25, 0.3) is 0 Å². The van der Waals surface area contributed by atoms with E-state index in [0.717, 1.165) is 0 Å². The normalized spacial score (nSPS) is 10.3. The van der Waals surface area contributed by atoms with Crippen LogP contribution in [0.4, 0.5) is 11.4 Å². The summed E-state index contributed by atoms with van der Waals surface area (Å²) >= 11 is 0. The molecule has 0 aromatic heterocycles. The van der Waals surface area contributed by atoms with Gasteiger partial charge in [0, 0.05) is 24.3 Å². The monoisotopic (exact) mass is 262 g/mol. The zero-order valence-corrected chi connectivity index (χ0v) is 11.4. The molecular weight excluding hydrogens is 244 g/mol. The largest absolute Gasteiger partial charge is 0.365 e. The lowest BCUT2D eigenvalue weighted by atomic mass is 10.1. The molecule has 1 aromatic carbocycles. The fourth-order valence-corrected chi connectivity index (χ4v) is 1.90. The average Bonchev–Trinajstić information content (AvgIpc) is 2.34. The second-order valence-corrected chi connectivity index (χ2v) is 4.55. The van der Waals surface area contributed by atoms with Gasteiger partial charge in [0.2, 0.25) is 0 Å². The highest BCUT2D eigenvalue weighted by Crippen LogP contribution is 2.27. The molecule has 5 nitrogen and oxygen atoms in total. The first-order chi connectivity index (χ1) is 8.88. The summed E-state index contributed by atoms with van der Waals surface area (Å²) in [6.45, 7) is 9.59. The van der Waals surface area contributed by atoms with E-state index in [4.69, 9.17) is 0 Å². The Bertz CT molecular complexity index is 509. The van der Waals surface area contributed by atoms with E-state index in [1.807, 2.05) is 18.7 Å². The maximum atomic E-state index is 11.4. The van der Waals surface area contributed by atoms with E-state index in [9.17, 15) is 14.9 Å².